The minimum atomic E-state index is 0.455. The van der Waals surface area contributed by atoms with Gasteiger partial charge in [0.25, 0.3) is 0 Å². The van der Waals surface area contributed by atoms with E-state index in [1.54, 1.807) is 29.8 Å². The zero-order valence-corrected chi connectivity index (χ0v) is 12.4. The molecule has 0 saturated heterocycles. The van der Waals surface area contributed by atoms with Crippen LogP contribution in [0.4, 0.5) is 5.13 Å². The number of methoxy groups -OCH3 is 1. The van der Waals surface area contributed by atoms with Gasteiger partial charge in [0.15, 0.2) is 5.01 Å². The van der Waals surface area contributed by atoms with Crippen LogP contribution >= 0.6 is 34.0 Å². The third-order valence-electron chi connectivity index (χ3n) is 2.35. The van der Waals surface area contributed by atoms with Crippen LogP contribution < -0.4 is 5.73 Å². The highest BCUT2D eigenvalue weighted by Gasteiger charge is 2.17. The summed E-state index contributed by atoms with van der Waals surface area (Å²) in [5.41, 5.74) is 6.52. The van der Waals surface area contributed by atoms with Gasteiger partial charge in [0.1, 0.15) is 5.01 Å². The molecule has 0 unspecified atom stereocenters. The fraction of sp³-hybridized carbons (Fsp3) is 0.182. The van der Waals surface area contributed by atoms with Gasteiger partial charge in [0.05, 0.1) is 22.1 Å². The SMILES string of the molecule is COCc1nc(-c2cccs2)sc1-c1nnc(N)s1. The van der Waals surface area contributed by atoms with Gasteiger partial charge in [0, 0.05) is 7.11 Å². The molecule has 0 aliphatic rings. The maximum absolute atomic E-state index is 5.64. The lowest BCUT2D eigenvalue weighted by Gasteiger charge is -1.95. The fourth-order valence-corrected chi connectivity index (χ4v) is 4.15. The van der Waals surface area contributed by atoms with Gasteiger partial charge in [0.2, 0.25) is 5.13 Å². The van der Waals surface area contributed by atoms with Crippen LogP contribution in [0.15, 0.2) is 17.5 Å². The lowest BCUT2D eigenvalue weighted by molar-refractivity contribution is 0.182. The quantitative estimate of drug-likeness (QED) is 0.801. The summed E-state index contributed by atoms with van der Waals surface area (Å²) < 4.78 is 5.20. The van der Waals surface area contributed by atoms with E-state index < -0.39 is 0 Å². The van der Waals surface area contributed by atoms with Crippen molar-refractivity contribution < 1.29 is 4.74 Å². The average Bonchev–Trinajstić information content (AvgIpc) is 3.08. The molecule has 0 saturated carbocycles. The lowest BCUT2D eigenvalue weighted by Crippen LogP contribution is -1.90. The minimum Gasteiger partial charge on any atom is -0.378 e. The number of hydrogen-bond acceptors (Lipinski definition) is 8. The van der Waals surface area contributed by atoms with Gasteiger partial charge < -0.3 is 10.5 Å². The first kappa shape index (κ1) is 12.7. The molecule has 0 aromatic carbocycles. The smallest absolute Gasteiger partial charge is 0.203 e. The van der Waals surface area contributed by atoms with Gasteiger partial charge in [-0.15, -0.1) is 32.9 Å². The number of nitrogens with zero attached hydrogens (tertiary/aromatic N) is 3. The van der Waals surface area contributed by atoms with E-state index >= 15 is 0 Å². The van der Waals surface area contributed by atoms with Crippen LogP contribution in [0.1, 0.15) is 5.69 Å². The summed E-state index contributed by atoms with van der Waals surface area (Å²) in [7, 11) is 1.66. The number of thiazole rings is 1. The van der Waals surface area contributed by atoms with E-state index in [9.17, 15) is 0 Å². The molecule has 0 fully saturated rings. The maximum Gasteiger partial charge on any atom is 0.203 e. The molecule has 3 rings (SSSR count). The third kappa shape index (κ3) is 2.52. The van der Waals surface area contributed by atoms with Crippen molar-refractivity contribution in [2.75, 3.05) is 12.8 Å². The second kappa shape index (κ2) is 5.33. The highest BCUT2D eigenvalue weighted by molar-refractivity contribution is 7.26. The van der Waals surface area contributed by atoms with Gasteiger partial charge in [-0.05, 0) is 11.4 Å². The van der Waals surface area contributed by atoms with E-state index in [0.717, 1.165) is 25.5 Å². The van der Waals surface area contributed by atoms with Crippen molar-refractivity contribution >= 4 is 39.1 Å². The van der Waals surface area contributed by atoms with E-state index in [0.29, 0.717) is 11.7 Å². The zero-order valence-electron chi connectivity index (χ0n) is 9.99. The van der Waals surface area contributed by atoms with Gasteiger partial charge >= 0.3 is 0 Å². The van der Waals surface area contributed by atoms with Crippen molar-refractivity contribution in [3.05, 3.63) is 23.2 Å². The molecule has 2 N–H and O–H groups in total. The Labute approximate surface area is 121 Å². The molecule has 0 radical (unpaired) electrons. The number of aromatic nitrogens is 3. The van der Waals surface area contributed by atoms with Gasteiger partial charge in [-0.25, -0.2) is 4.98 Å². The van der Waals surface area contributed by atoms with Crippen molar-refractivity contribution in [1.29, 1.82) is 0 Å². The molecule has 3 aromatic rings. The van der Waals surface area contributed by atoms with E-state index in [1.807, 2.05) is 11.4 Å². The molecular weight excluding hydrogens is 300 g/mol. The molecule has 5 nitrogen and oxygen atoms in total. The van der Waals surface area contributed by atoms with E-state index in [1.165, 1.54) is 11.3 Å². The molecule has 3 heterocycles. The van der Waals surface area contributed by atoms with Gasteiger partial charge in [-0.1, -0.05) is 17.4 Å². The molecule has 0 bridgehead atoms. The van der Waals surface area contributed by atoms with Crippen LogP contribution in [0, 0.1) is 0 Å². The predicted molar refractivity (Wildman–Crippen MR) is 79.5 cm³/mol. The molecule has 8 heteroatoms. The molecule has 0 amide bonds. The van der Waals surface area contributed by atoms with E-state index in [2.05, 4.69) is 21.2 Å². The number of nitrogen functional groups attached to an aromatic ring is 1. The normalized spacial score (nSPS) is 11.0. The Morgan fingerprint density at radius 3 is 2.79 bits per heavy atom. The first-order valence-electron chi connectivity index (χ1n) is 5.40. The molecule has 0 aliphatic heterocycles. The Kier molecular flexibility index (Phi) is 3.56. The lowest BCUT2D eigenvalue weighted by atomic mass is 10.4. The van der Waals surface area contributed by atoms with Crippen molar-refractivity contribution in [3.8, 4) is 19.8 Å². The Morgan fingerprint density at radius 2 is 2.16 bits per heavy atom. The van der Waals surface area contributed by atoms with E-state index in [4.69, 9.17) is 10.5 Å². The zero-order chi connectivity index (χ0) is 13.2. The standard InChI is InChI=1S/C11H10N4OS3/c1-16-5-6-8(10-14-15-11(12)19-10)18-9(13-6)7-3-2-4-17-7/h2-4H,5H2,1H3,(H2,12,15). The summed E-state index contributed by atoms with van der Waals surface area (Å²) >= 11 is 4.63. The molecule has 0 spiro atoms. The monoisotopic (exact) mass is 310 g/mol. The van der Waals surface area contributed by atoms with Crippen molar-refractivity contribution in [3.63, 3.8) is 0 Å². The maximum atomic E-state index is 5.64. The number of rotatable bonds is 4. The summed E-state index contributed by atoms with van der Waals surface area (Å²) in [6, 6.07) is 4.07. The van der Waals surface area contributed by atoms with Gasteiger partial charge in [-0.3, -0.25) is 0 Å². The Hall–Kier alpha value is -1.35. The Morgan fingerprint density at radius 1 is 1.26 bits per heavy atom. The largest absolute Gasteiger partial charge is 0.378 e. The molecule has 3 aromatic heterocycles. The topological polar surface area (TPSA) is 73.9 Å². The van der Waals surface area contributed by atoms with Crippen molar-refractivity contribution in [1.82, 2.24) is 15.2 Å². The Balaban J connectivity index is 2.07. The minimum absolute atomic E-state index is 0.455. The number of ether oxygens (including phenoxy) is 1. The third-order valence-corrected chi connectivity index (χ3v) is 5.39. The second-order valence-electron chi connectivity index (χ2n) is 3.65. The van der Waals surface area contributed by atoms with Crippen LogP contribution in [-0.4, -0.2) is 22.3 Å². The van der Waals surface area contributed by atoms with Gasteiger partial charge in [-0.2, -0.15) is 0 Å². The van der Waals surface area contributed by atoms with Crippen LogP contribution in [0.3, 0.4) is 0 Å². The first-order valence-corrected chi connectivity index (χ1v) is 7.91. The van der Waals surface area contributed by atoms with Crippen LogP contribution in [0.5, 0.6) is 0 Å². The molecule has 19 heavy (non-hydrogen) atoms. The number of nitrogens with two attached hydrogens (primary N) is 1. The summed E-state index contributed by atoms with van der Waals surface area (Å²) in [5.74, 6) is 0. The van der Waals surface area contributed by atoms with Crippen LogP contribution in [0.25, 0.3) is 19.8 Å². The molecule has 0 atom stereocenters. The highest BCUT2D eigenvalue weighted by atomic mass is 32.1. The molecule has 0 aliphatic carbocycles. The van der Waals surface area contributed by atoms with Crippen molar-refractivity contribution in [2.45, 2.75) is 6.61 Å². The fourth-order valence-electron chi connectivity index (χ4n) is 1.59. The number of hydrogen-bond donors (Lipinski definition) is 1. The summed E-state index contributed by atoms with van der Waals surface area (Å²) in [6.45, 7) is 0.455. The summed E-state index contributed by atoms with van der Waals surface area (Å²) in [5, 5.41) is 12.2. The second-order valence-corrected chi connectivity index (χ2v) is 6.61. The van der Waals surface area contributed by atoms with Crippen molar-refractivity contribution in [2.24, 2.45) is 0 Å². The summed E-state index contributed by atoms with van der Waals surface area (Å²) in [4.78, 5) is 6.76. The average molecular weight is 310 g/mol. The predicted octanol–water partition coefficient (Wildman–Crippen LogP) is 3.12. The Bertz CT molecular complexity index is 674. The molecular formula is C11H10N4OS3. The first-order chi connectivity index (χ1) is 9.28. The van der Waals surface area contributed by atoms with E-state index in [-0.39, 0.29) is 0 Å². The van der Waals surface area contributed by atoms with Crippen LogP contribution in [0.2, 0.25) is 0 Å². The highest BCUT2D eigenvalue weighted by Crippen LogP contribution is 2.38. The molecule has 98 valence electrons. The van der Waals surface area contributed by atoms with Crippen LogP contribution in [-0.2, 0) is 11.3 Å². The summed E-state index contributed by atoms with van der Waals surface area (Å²) in [6.07, 6.45) is 0. The number of anilines is 1. The number of thiophene rings is 1.